The SMILES string of the molecule is CC1CC1CNC1(CN)CCSC1. The van der Waals surface area contributed by atoms with Gasteiger partial charge in [0.15, 0.2) is 0 Å². The molecule has 2 fully saturated rings. The number of nitrogens with two attached hydrogens (primary N) is 1. The lowest BCUT2D eigenvalue weighted by atomic mass is 9.99. The lowest BCUT2D eigenvalue weighted by molar-refractivity contribution is 0.363. The van der Waals surface area contributed by atoms with E-state index in [1.165, 1.54) is 30.9 Å². The Labute approximate surface area is 85.0 Å². The fourth-order valence-corrected chi connectivity index (χ4v) is 3.45. The van der Waals surface area contributed by atoms with Gasteiger partial charge in [0.1, 0.15) is 0 Å². The van der Waals surface area contributed by atoms with Crippen molar-refractivity contribution in [3.05, 3.63) is 0 Å². The van der Waals surface area contributed by atoms with Crippen LogP contribution in [0, 0.1) is 11.8 Å². The number of rotatable bonds is 4. The van der Waals surface area contributed by atoms with Gasteiger partial charge in [-0.1, -0.05) is 6.92 Å². The van der Waals surface area contributed by atoms with E-state index in [0.29, 0.717) is 0 Å². The Balaban J connectivity index is 1.77. The molecule has 1 heterocycles. The van der Waals surface area contributed by atoms with Crippen molar-refractivity contribution in [3.8, 4) is 0 Å². The standard InChI is InChI=1S/C10H20N2S/c1-8-4-9(8)5-12-10(6-11)2-3-13-7-10/h8-9,12H,2-7,11H2,1H3. The summed E-state index contributed by atoms with van der Waals surface area (Å²) >= 11 is 2.04. The van der Waals surface area contributed by atoms with Crippen molar-refractivity contribution >= 4 is 11.8 Å². The highest BCUT2D eigenvalue weighted by Crippen LogP contribution is 2.38. The number of hydrogen-bond acceptors (Lipinski definition) is 3. The summed E-state index contributed by atoms with van der Waals surface area (Å²) in [6.45, 7) is 4.34. The van der Waals surface area contributed by atoms with Gasteiger partial charge in [-0.15, -0.1) is 0 Å². The number of hydrogen-bond donors (Lipinski definition) is 2. The molecular weight excluding hydrogens is 180 g/mol. The normalized spacial score (nSPS) is 43.8. The van der Waals surface area contributed by atoms with Crippen molar-refractivity contribution in [2.75, 3.05) is 24.6 Å². The minimum atomic E-state index is 0.285. The highest BCUT2D eigenvalue weighted by atomic mass is 32.2. The Bertz CT molecular complexity index is 178. The van der Waals surface area contributed by atoms with Crippen LogP contribution in [-0.2, 0) is 0 Å². The van der Waals surface area contributed by atoms with Crippen LogP contribution in [0.3, 0.4) is 0 Å². The zero-order valence-electron chi connectivity index (χ0n) is 8.38. The molecule has 2 rings (SSSR count). The van der Waals surface area contributed by atoms with Crippen LogP contribution in [0.4, 0.5) is 0 Å². The molecule has 1 saturated heterocycles. The molecule has 3 unspecified atom stereocenters. The molecule has 1 aliphatic heterocycles. The summed E-state index contributed by atoms with van der Waals surface area (Å²) in [4.78, 5) is 0. The van der Waals surface area contributed by atoms with Gasteiger partial charge < -0.3 is 11.1 Å². The third kappa shape index (κ3) is 2.20. The average Bonchev–Trinajstić information content (AvgIpc) is 2.69. The summed E-state index contributed by atoms with van der Waals surface area (Å²) in [5, 5.41) is 3.69. The Morgan fingerprint density at radius 2 is 2.38 bits per heavy atom. The molecule has 3 N–H and O–H groups in total. The first kappa shape index (κ1) is 9.81. The van der Waals surface area contributed by atoms with Gasteiger partial charge in [-0.2, -0.15) is 11.8 Å². The van der Waals surface area contributed by atoms with Gasteiger partial charge in [0.05, 0.1) is 0 Å². The van der Waals surface area contributed by atoms with Crippen LogP contribution >= 0.6 is 11.8 Å². The van der Waals surface area contributed by atoms with E-state index in [2.05, 4.69) is 12.2 Å². The second kappa shape index (κ2) is 3.79. The zero-order valence-corrected chi connectivity index (χ0v) is 9.20. The van der Waals surface area contributed by atoms with Crippen LogP contribution in [0.5, 0.6) is 0 Å². The predicted octanol–water partition coefficient (Wildman–Crippen LogP) is 1.07. The van der Waals surface area contributed by atoms with Crippen LogP contribution in [0.2, 0.25) is 0 Å². The second-order valence-electron chi connectivity index (χ2n) is 4.64. The summed E-state index contributed by atoms with van der Waals surface area (Å²) in [7, 11) is 0. The third-order valence-electron chi connectivity index (χ3n) is 3.51. The summed E-state index contributed by atoms with van der Waals surface area (Å²) in [5.74, 6) is 4.39. The smallest absolute Gasteiger partial charge is 0.0403 e. The molecule has 76 valence electrons. The topological polar surface area (TPSA) is 38.0 Å². The van der Waals surface area contributed by atoms with E-state index >= 15 is 0 Å². The molecule has 0 spiro atoms. The molecule has 0 aromatic carbocycles. The molecule has 3 atom stereocenters. The van der Waals surface area contributed by atoms with Crippen LogP contribution in [0.25, 0.3) is 0 Å². The molecule has 1 aliphatic carbocycles. The molecule has 2 aliphatic rings. The highest BCUT2D eigenvalue weighted by Gasteiger charge is 2.37. The number of thioether (sulfide) groups is 1. The second-order valence-corrected chi connectivity index (χ2v) is 5.75. The first-order valence-corrected chi connectivity index (χ1v) is 6.44. The maximum absolute atomic E-state index is 5.83. The molecule has 2 nitrogen and oxygen atoms in total. The van der Waals surface area contributed by atoms with Crippen molar-refractivity contribution in [2.24, 2.45) is 17.6 Å². The van der Waals surface area contributed by atoms with Gasteiger partial charge in [-0.25, -0.2) is 0 Å². The van der Waals surface area contributed by atoms with Gasteiger partial charge in [-0.05, 0) is 37.0 Å². The number of nitrogens with one attached hydrogen (secondary N) is 1. The average molecular weight is 200 g/mol. The van der Waals surface area contributed by atoms with Crippen molar-refractivity contribution in [1.82, 2.24) is 5.32 Å². The Morgan fingerprint density at radius 3 is 2.85 bits per heavy atom. The van der Waals surface area contributed by atoms with Crippen LogP contribution in [0.1, 0.15) is 19.8 Å². The summed E-state index contributed by atoms with van der Waals surface area (Å²) in [6, 6.07) is 0. The predicted molar refractivity (Wildman–Crippen MR) is 59.0 cm³/mol. The molecule has 1 saturated carbocycles. The lowest BCUT2D eigenvalue weighted by Crippen LogP contribution is -2.52. The van der Waals surface area contributed by atoms with E-state index in [1.54, 1.807) is 0 Å². The van der Waals surface area contributed by atoms with Crippen LogP contribution in [0.15, 0.2) is 0 Å². The van der Waals surface area contributed by atoms with Crippen molar-refractivity contribution in [3.63, 3.8) is 0 Å². The van der Waals surface area contributed by atoms with E-state index in [1.807, 2.05) is 11.8 Å². The van der Waals surface area contributed by atoms with Crippen molar-refractivity contribution in [1.29, 1.82) is 0 Å². The van der Waals surface area contributed by atoms with Crippen molar-refractivity contribution < 1.29 is 0 Å². The lowest BCUT2D eigenvalue weighted by Gasteiger charge is -2.28. The van der Waals surface area contributed by atoms with Gasteiger partial charge in [0.2, 0.25) is 0 Å². The quantitative estimate of drug-likeness (QED) is 0.713. The first-order chi connectivity index (χ1) is 6.26. The Hall–Kier alpha value is 0.270. The van der Waals surface area contributed by atoms with E-state index in [4.69, 9.17) is 5.73 Å². The Kier molecular flexibility index (Phi) is 2.86. The van der Waals surface area contributed by atoms with Crippen LogP contribution in [-0.4, -0.2) is 30.1 Å². The third-order valence-corrected chi connectivity index (χ3v) is 4.76. The molecule has 0 aromatic rings. The largest absolute Gasteiger partial charge is 0.329 e. The molecule has 0 amide bonds. The van der Waals surface area contributed by atoms with Gasteiger partial charge >= 0.3 is 0 Å². The molecule has 0 radical (unpaired) electrons. The fourth-order valence-electron chi connectivity index (χ4n) is 2.01. The monoisotopic (exact) mass is 200 g/mol. The Morgan fingerprint density at radius 1 is 1.62 bits per heavy atom. The van der Waals surface area contributed by atoms with E-state index in [-0.39, 0.29) is 5.54 Å². The van der Waals surface area contributed by atoms with E-state index in [0.717, 1.165) is 18.4 Å². The van der Waals surface area contributed by atoms with Gasteiger partial charge in [0.25, 0.3) is 0 Å². The maximum atomic E-state index is 5.83. The van der Waals surface area contributed by atoms with Crippen molar-refractivity contribution in [2.45, 2.75) is 25.3 Å². The molecule has 13 heavy (non-hydrogen) atoms. The molecule has 3 heteroatoms. The van der Waals surface area contributed by atoms with Crippen LogP contribution < -0.4 is 11.1 Å². The van der Waals surface area contributed by atoms with E-state index < -0.39 is 0 Å². The summed E-state index contributed by atoms with van der Waals surface area (Å²) in [6.07, 6.45) is 2.68. The minimum absolute atomic E-state index is 0.285. The van der Waals surface area contributed by atoms with Gasteiger partial charge in [-0.3, -0.25) is 0 Å². The molecular formula is C10H20N2S. The summed E-state index contributed by atoms with van der Waals surface area (Å²) < 4.78 is 0. The zero-order chi connectivity index (χ0) is 9.31. The first-order valence-electron chi connectivity index (χ1n) is 5.29. The maximum Gasteiger partial charge on any atom is 0.0403 e. The molecule has 0 bridgehead atoms. The highest BCUT2D eigenvalue weighted by molar-refractivity contribution is 7.99. The summed E-state index contributed by atoms with van der Waals surface area (Å²) in [5.41, 5.74) is 6.12. The van der Waals surface area contributed by atoms with E-state index in [9.17, 15) is 0 Å². The minimum Gasteiger partial charge on any atom is -0.329 e. The van der Waals surface area contributed by atoms with Gasteiger partial charge in [0, 0.05) is 17.8 Å². The molecule has 0 aromatic heterocycles. The fraction of sp³-hybridized carbons (Fsp3) is 1.00.